The van der Waals surface area contributed by atoms with Crippen molar-refractivity contribution in [3.8, 4) is 0 Å². The van der Waals surface area contributed by atoms with Crippen LogP contribution < -0.4 is 5.32 Å². The van der Waals surface area contributed by atoms with Crippen LogP contribution in [-0.4, -0.2) is 65.2 Å². The predicted molar refractivity (Wildman–Crippen MR) is 85.9 cm³/mol. The number of carbonyl (C=O) groups excluding carboxylic acids is 1. The standard InChI is InChI=1S/C14H25N5OS/c1-4-8-15-14-17-16-12(21-14)13(20)18(3)10-11-7-6-9-19(11)5-2/h11H,4-10H2,1-3H3,(H,15,17). The summed E-state index contributed by atoms with van der Waals surface area (Å²) >= 11 is 1.34. The molecular formula is C14H25N5OS. The van der Waals surface area contributed by atoms with Crippen molar-refractivity contribution in [2.75, 3.05) is 38.5 Å². The Hall–Kier alpha value is -1.21. The van der Waals surface area contributed by atoms with Gasteiger partial charge in [-0.1, -0.05) is 25.2 Å². The minimum absolute atomic E-state index is 0.0278. The van der Waals surface area contributed by atoms with E-state index in [9.17, 15) is 4.79 Å². The third-order valence-corrected chi connectivity index (χ3v) is 4.74. The van der Waals surface area contributed by atoms with E-state index in [0.29, 0.717) is 11.0 Å². The van der Waals surface area contributed by atoms with Crippen LogP contribution in [0.15, 0.2) is 0 Å². The van der Waals surface area contributed by atoms with Gasteiger partial charge >= 0.3 is 0 Å². The molecule has 6 nitrogen and oxygen atoms in total. The Labute approximate surface area is 130 Å². The topological polar surface area (TPSA) is 61.4 Å². The molecular weight excluding hydrogens is 286 g/mol. The lowest BCUT2D eigenvalue weighted by Gasteiger charge is -2.27. The van der Waals surface area contributed by atoms with Gasteiger partial charge in [0, 0.05) is 26.2 Å². The zero-order chi connectivity index (χ0) is 15.2. The van der Waals surface area contributed by atoms with E-state index in [1.165, 1.54) is 24.2 Å². The van der Waals surface area contributed by atoms with E-state index in [4.69, 9.17) is 0 Å². The van der Waals surface area contributed by atoms with Crippen molar-refractivity contribution >= 4 is 22.4 Å². The van der Waals surface area contributed by atoms with Crippen molar-refractivity contribution in [2.24, 2.45) is 0 Å². The Bertz CT molecular complexity index is 464. The van der Waals surface area contributed by atoms with Crippen molar-refractivity contribution in [3.63, 3.8) is 0 Å². The summed E-state index contributed by atoms with van der Waals surface area (Å²) in [6, 6.07) is 0.481. The van der Waals surface area contributed by atoms with Gasteiger partial charge in [0.15, 0.2) is 0 Å². The lowest BCUT2D eigenvalue weighted by Crippen LogP contribution is -2.41. The number of likely N-dealkylation sites (N-methyl/N-ethyl adjacent to an activating group) is 2. The monoisotopic (exact) mass is 311 g/mol. The molecule has 7 heteroatoms. The minimum atomic E-state index is -0.0278. The van der Waals surface area contributed by atoms with Crippen LogP contribution in [0.3, 0.4) is 0 Å². The second-order valence-electron chi connectivity index (χ2n) is 5.45. The SMILES string of the molecule is CCCNc1nnc(C(=O)N(C)CC2CCCN2CC)s1. The van der Waals surface area contributed by atoms with Crippen LogP contribution in [0.25, 0.3) is 0 Å². The number of aromatic nitrogens is 2. The molecule has 1 amide bonds. The molecule has 2 rings (SSSR count). The van der Waals surface area contributed by atoms with Gasteiger partial charge in [-0.25, -0.2) is 0 Å². The van der Waals surface area contributed by atoms with Crippen LogP contribution in [-0.2, 0) is 0 Å². The normalized spacial score (nSPS) is 18.9. The second kappa shape index (κ2) is 7.70. The van der Waals surface area contributed by atoms with Gasteiger partial charge in [-0.15, -0.1) is 10.2 Å². The molecule has 0 aliphatic carbocycles. The van der Waals surface area contributed by atoms with E-state index in [-0.39, 0.29) is 5.91 Å². The zero-order valence-corrected chi connectivity index (χ0v) is 13.9. The van der Waals surface area contributed by atoms with Gasteiger partial charge in [0.2, 0.25) is 10.1 Å². The summed E-state index contributed by atoms with van der Waals surface area (Å²) in [7, 11) is 1.86. The highest BCUT2D eigenvalue weighted by Gasteiger charge is 2.27. The summed E-state index contributed by atoms with van der Waals surface area (Å²) in [5.74, 6) is -0.0278. The highest BCUT2D eigenvalue weighted by Crippen LogP contribution is 2.20. The predicted octanol–water partition coefficient (Wildman–Crippen LogP) is 1.92. The lowest BCUT2D eigenvalue weighted by molar-refractivity contribution is 0.0753. The summed E-state index contributed by atoms with van der Waals surface area (Å²) < 4.78 is 0. The van der Waals surface area contributed by atoms with Crippen LogP contribution in [0.2, 0.25) is 0 Å². The Morgan fingerprint density at radius 2 is 2.29 bits per heavy atom. The van der Waals surface area contributed by atoms with Gasteiger partial charge in [-0.2, -0.15) is 0 Å². The number of carbonyl (C=O) groups is 1. The van der Waals surface area contributed by atoms with E-state index in [1.54, 1.807) is 4.90 Å². The first-order valence-electron chi connectivity index (χ1n) is 7.72. The van der Waals surface area contributed by atoms with Crippen molar-refractivity contribution < 1.29 is 4.79 Å². The fourth-order valence-corrected chi connectivity index (χ4v) is 3.46. The number of anilines is 1. The number of likely N-dealkylation sites (tertiary alicyclic amines) is 1. The molecule has 1 aromatic heterocycles. The fraction of sp³-hybridized carbons (Fsp3) is 0.786. The van der Waals surface area contributed by atoms with Gasteiger partial charge in [0.05, 0.1) is 0 Å². The summed E-state index contributed by atoms with van der Waals surface area (Å²) in [6.45, 7) is 8.09. The summed E-state index contributed by atoms with van der Waals surface area (Å²) in [5.41, 5.74) is 0. The van der Waals surface area contributed by atoms with Gasteiger partial charge in [-0.3, -0.25) is 9.69 Å². The van der Waals surface area contributed by atoms with E-state index >= 15 is 0 Å². The summed E-state index contributed by atoms with van der Waals surface area (Å²) in [6.07, 6.45) is 3.42. The Morgan fingerprint density at radius 1 is 1.48 bits per heavy atom. The second-order valence-corrected chi connectivity index (χ2v) is 6.43. The molecule has 0 bridgehead atoms. The first-order valence-corrected chi connectivity index (χ1v) is 8.54. The zero-order valence-electron chi connectivity index (χ0n) is 13.1. The molecule has 1 N–H and O–H groups in total. The van der Waals surface area contributed by atoms with Crippen LogP contribution in [0, 0.1) is 0 Å². The van der Waals surface area contributed by atoms with Crippen LogP contribution in [0.1, 0.15) is 42.9 Å². The fourth-order valence-electron chi connectivity index (χ4n) is 2.69. The van der Waals surface area contributed by atoms with Crippen LogP contribution in [0.4, 0.5) is 5.13 Å². The van der Waals surface area contributed by atoms with Gasteiger partial charge in [0.1, 0.15) is 0 Å². The number of hydrogen-bond donors (Lipinski definition) is 1. The molecule has 0 radical (unpaired) electrons. The maximum absolute atomic E-state index is 12.4. The quantitative estimate of drug-likeness (QED) is 0.833. The van der Waals surface area contributed by atoms with E-state index in [2.05, 4.69) is 34.3 Å². The number of nitrogens with zero attached hydrogens (tertiary/aromatic N) is 4. The number of hydrogen-bond acceptors (Lipinski definition) is 6. The summed E-state index contributed by atoms with van der Waals surface area (Å²) in [5, 5.41) is 12.4. The third kappa shape index (κ3) is 4.14. The van der Waals surface area contributed by atoms with Crippen molar-refractivity contribution in [3.05, 3.63) is 5.01 Å². The molecule has 1 aromatic rings. The van der Waals surface area contributed by atoms with Crippen LogP contribution >= 0.6 is 11.3 Å². The number of rotatable bonds is 7. The molecule has 0 spiro atoms. The van der Waals surface area contributed by atoms with Crippen molar-refractivity contribution in [1.29, 1.82) is 0 Å². The largest absolute Gasteiger partial charge is 0.360 e. The summed E-state index contributed by atoms with van der Waals surface area (Å²) in [4.78, 5) is 16.6. The maximum Gasteiger partial charge on any atom is 0.284 e. The smallest absolute Gasteiger partial charge is 0.284 e. The molecule has 1 unspecified atom stereocenters. The Morgan fingerprint density at radius 3 is 3.00 bits per heavy atom. The first-order chi connectivity index (χ1) is 10.2. The molecule has 21 heavy (non-hydrogen) atoms. The minimum Gasteiger partial charge on any atom is -0.360 e. The Kier molecular flexibility index (Phi) is 5.93. The Balaban J connectivity index is 1.91. The average molecular weight is 311 g/mol. The van der Waals surface area contributed by atoms with Gasteiger partial charge < -0.3 is 10.2 Å². The molecule has 0 aromatic carbocycles. The van der Waals surface area contributed by atoms with Crippen molar-refractivity contribution in [1.82, 2.24) is 20.0 Å². The maximum atomic E-state index is 12.4. The molecule has 1 aliphatic rings. The number of amides is 1. The molecule has 1 aliphatic heterocycles. The molecule has 1 fully saturated rings. The lowest BCUT2D eigenvalue weighted by atomic mass is 10.2. The third-order valence-electron chi connectivity index (χ3n) is 3.87. The van der Waals surface area contributed by atoms with Gasteiger partial charge in [0.25, 0.3) is 5.91 Å². The average Bonchev–Trinajstić information content (AvgIpc) is 3.13. The van der Waals surface area contributed by atoms with Crippen LogP contribution in [0.5, 0.6) is 0 Å². The molecule has 0 saturated carbocycles. The molecule has 2 heterocycles. The molecule has 1 atom stereocenters. The number of nitrogens with one attached hydrogen (secondary N) is 1. The van der Waals surface area contributed by atoms with Crippen molar-refractivity contribution in [2.45, 2.75) is 39.2 Å². The van der Waals surface area contributed by atoms with E-state index in [1.807, 2.05) is 7.05 Å². The van der Waals surface area contributed by atoms with Gasteiger partial charge in [-0.05, 0) is 32.4 Å². The highest BCUT2D eigenvalue weighted by molar-refractivity contribution is 7.17. The molecule has 1 saturated heterocycles. The van der Waals surface area contributed by atoms with E-state index < -0.39 is 0 Å². The first kappa shape index (κ1) is 16.2. The van der Waals surface area contributed by atoms with E-state index in [0.717, 1.165) is 37.7 Å². The highest BCUT2D eigenvalue weighted by atomic mass is 32.1. The molecule has 118 valence electrons.